The number of nitrogens with zero attached hydrogens (tertiary/aromatic N) is 2. The van der Waals surface area contributed by atoms with Gasteiger partial charge in [0.15, 0.2) is 0 Å². The average molecular weight is 257 g/mol. The summed E-state index contributed by atoms with van der Waals surface area (Å²) in [5, 5.41) is 2.80. The standard InChI is InChI=1S/C11H17ClN4O/c1-8(4-6-13)2-3-10(17)15-9-5-7-14-11(12)16-9/h5,7-8H,2-4,6,13H2,1H3,(H,14,15,16,17). The van der Waals surface area contributed by atoms with Gasteiger partial charge in [-0.1, -0.05) is 6.92 Å². The summed E-state index contributed by atoms with van der Waals surface area (Å²) in [4.78, 5) is 19.2. The molecule has 0 radical (unpaired) electrons. The molecule has 1 heterocycles. The quantitative estimate of drug-likeness (QED) is 0.761. The molecule has 1 aromatic heterocycles. The molecule has 5 nitrogen and oxygen atoms in total. The molecule has 0 aliphatic carbocycles. The van der Waals surface area contributed by atoms with Crippen LogP contribution in [0.2, 0.25) is 5.28 Å². The van der Waals surface area contributed by atoms with E-state index in [2.05, 4.69) is 22.2 Å². The first-order valence-corrected chi connectivity index (χ1v) is 5.98. The molecule has 0 fully saturated rings. The van der Waals surface area contributed by atoms with Crippen molar-refractivity contribution < 1.29 is 4.79 Å². The maximum Gasteiger partial charge on any atom is 0.225 e. The predicted octanol–water partition coefficient (Wildman–Crippen LogP) is 1.83. The van der Waals surface area contributed by atoms with Gasteiger partial charge in [-0.3, -0.25) is 4.79 Å². The Bertz CT molecular complexity index is 372. The Morgan fingerprint density at radius 2 is 2.35 bits per heavy atom. The molecule has 94 valence electrons. The van der Waals surface area contributed by atoms with E-state index in [1.807, 2.05) is 0 Å². The minimum atomic E-state index is -0.0661. The lowest BCUT2D eigenvalue weighted by atomic mass is 10.0. The van der Waals surface area contributed by atoms with E-state index >= 15 is 0 Å². The number of amides is 1. The summed E-state index contributed by atoms with van der Waals surface area (Å²) in [5.74, 6) is 0.824. The molecule has 6 heteroatoms. The first-order chi connectivity index (χ1) is 8.11. The van der Waals surface area contributed by atoms with Crippen LogP contribution in [0.3, 0.4) is 0 Å². The van der Waals surface area contributed by atoms with E-state index in [4.69, 9.17) is 17.3 Å². The molecular formula is C11H17ClN4O. The third-order valence-electron chi connectivity index (χ3n) is 2.42. The van der Waals surface area contributed by atoms with Crippen molar-refractivity contribution in [3.05, 3.63) is 17.5 Å². The lowest BCUT2D eigenvalue weighted by molar-refractivity contribution is -0.116. The molecule has 0 aliphatic heterocycles. The van der Waals surface area contributed by atoms with Crippen LogP contribution < -0.4 is 11.1 Å². The van der Waals surface area contributed by atoms with E-state index in [-0.39, 0.29) is 11.2 Å². The molecule has 1 unspecified atom stereocenters. The third kappa shape index (κ3) is 5.60. The minimum Gasteiger partial charge on any atom is -0.330 e. The predicted molar refractivity (Wildman–Crippen MR) is 67.7 cm³/mol. The number of hydrogen-bond donors (Lipinski definition) is 2. The number of hydrogen-bond acceptors (Lipinski definition) is 4. The van der Waals surface area contributed by atoms with E-state index in [1.165, 1.54) is 6.20 Å². The molecule has 17 heavy (non-hydrogen) atoms. The highest BCUT2D eigenvalue weighted by Crippen LogP contribution is 2.11. The Labute approximate surface area is 106 Å². The van der Waals surface area contributed by atoms with Crippen LogP contribution in [0.4, 0.5) is 5.82 Å². The molecule has 0 spiro atoms. The molecule has 0 bridgehead atoms. The fourth-order valence-electron chi connectivity index (χ4n) is 1.42. The molecule has 0 aromatic carbocycles. The first-order valence-electron chi connectivity index (χ1n) is 5.60. The number of carbonyl (C=O) groups is 1. The number of nitrogens with one attached hydrogen (secondary N) is 1. The zero-order chi connectivity index (χ0) is 12.7. The van der Waals surface area contributed by atoms with Crippen molar-refractivity contribution in [3.8, 4) is 0 Å². The molecule has 1 amide bonds. The number of rotatable bonds is 6. The van der Waals surface area contributed by atoms with Crippen molar-refractivity contribution in [2.24, 2.45) is 11.7 Å². The van der Waals surface area contributed by atoms with Crippen molar-refractivity contribution >= 4 is 23.3 Å². The molecule has 0 saturated carbocycles. The van der Waals surface area contributed by atoms with Gasteiger partial charge in [-0.15, -0.1) is 0 Å². The molecular weight excluding hydrogens is 240 g/mol. The van der Waals surface area contributed by atoms with Crippen molar-refractivity contribution in [1.29, 1.82) is 0 Å². The average Bonchev–Trinajstić information content (AvgIpc) is 2.27. The van der Waals surface area contributed by atoms with Gasteiger partial charge < -0.3 is 11.1 Å². The largest absolute Gasteiger partial charge is 0.330 e. The van der Waals surface area contributed by atoms with Crippen LogP contribution in [0.5, 0.6) is 0 Å². The number of nitrogens with two attached hydrogens (primary N) is 1. The molecule has 1 atom stereocenters. The van der Waals surface area contributed by atoms with Crippen LogP contribution in [0.15, 0.2) is 12.3 Å². The van der Waals surface area contributed by atoms with E-state index in [9.17, 15) is 4.79 Å². The molecule has 0 saturated heterocycles. The fourth-order valence-corrected chi connectivity index (χ4v) is 1.56. The number of aromatic nitrogens is 2. The van der Waals surface area contributed by atoms with E-state index in [0.29, 0.717) is 24.7 Å². The third-order valence-corrected chi connectivity index (χ3v) is 2.60. The first kappa shape index (κ1) is 13.9. The van der Waals surface area contributed by atoms with Crippen LogP contribution in [-0.2, 0) is 4.79 Å². The lowest BCUT2D eigenvalue weighted by Crippen LogP contribution is -2.14. The van der Waals surface area contributed by atoms with Gasteiger partial charge in [-0.05, 0) is 43.0 Å². The van der Waals surface area contributed by atoms with Crippen LogP contribution >= 0.6 is 11.6 Å². The summed E-state index contributed by atoms with van der Waals surface area (Å²) in [6.07, 6.45) is 3.72. The number of carbonyl (C=O) groups excluding carboxylic acids is 1. The SMILES string of the molecule is CC(CCN)CCC(=O)Nc1ccnc(Cl)n1. The smallest absolute Gasteiger partial charge is 0.225 e. The molecule has 1 rings (SSSR count). The summed E-state index contributed by atoms with van der Waals surface area (Å²) in [6.45, 7) is 2.74. The molecule has 0 aliphatic rings. The Balaban J connectivity index is 2.34. The van der Waals surface area contributed by atoms with Gasteiger partial charge in [0.2, 0.25) is 11.2 Å². The zero-order valence-corrected chi connectivity index (χ0v) is 10.6. The monoisotopic (exact) mass is 256 g/mol. The Morgan fingerprint density at radius 3 is 3.00 bits per heavy atom. The van der Waals surface area contributed by atoms with E-state index < -0.39 is 0 Å². The van der Waals surface area contributed by atoms with E-state index in [1.54, 1.807) is 6.07 Å². The van der Waals surface area contributed by atoms with Crippen molar-refractivity contribution in [2.75, 3.05) is 11.9 Å². The second kappa shape index (κ2) is 7.19. The Kier molecular flexibility index (Phi) is 5.86. The Morgan fingerprint density at radius 1 is 1.59 bits per heavy atom. The van der Waals surface area contributed by atoms with Crippen LogP contribution in [0.25, 0.3) is 0 Å². The van der Waals surface area contributed by atoms with Crippen molar-refractivity contribution in [1.82, 2.24) is 9.97 Å². The normalized spacial score (nSPS) is 12.2. The molecule has 1 aromatic rings. The fraction of sp³-hybridized carbons (Fsp3) is 0.545. The molecule has 3 N–H and O–H groups in total. The number of halogens is 1. The maximum atomic E-state index is 11.6. The minimum absolute atomic E-state index is 0.0661. The van der Waals surface area contributed by atoms with Gasteiger partial charge in [0, 0.05) is 12.6 Å². The second-order valence-electron chi connectivity index (χ2n) is 3.98. The summed E-state index contributed by atoms with van der Waals surface area (Å²) in [6, 6.07) is 1.60. The second-order valence-corrected chi connectivity index (χ2v) is 4.32. The summed E-state index contributed by atoms with van der Waals surface area (Å²) < 4.78 is 0. The highest BCUT2D eigenvalue weighted by molar-refractivity contribution is 6.28. The van der Waals surface area contributed by atoms with Gasteiger partial charge in [0.05, 0.1) is 0 Å². The van der Waals surface area contributed by atoms with Crippen LogP contribution in [0.1, 0.15) is 26.2 Å². The van der Waals surface area contributed by atoms with Gasteiger partial charge in [-0.25, -0.2) is 9.97 Å². The van der Waals surface area contributed by atoms with Crippen LogP contribution in [-0.4, -0.2) is 22.4 Å². The Hall–Kier alpha value is -1.20. The van der Waals surface area contributed by atoms with E-state index in [0.717, 1.165) is 12.8 Å². The van der Waals surface area contributed by atoms with Gasteiger partial charge in [-0.2, -0.15) is 0 Å². The zero-order valence-electron chi connectivity index (χ0n) is 9.82. The van der Waals surface area contributed by atoms with Gasteiger partial charge in [0.25, 0.3) is 0 Å². The van der Waals surface area contributed by atoms with Crippen LogP contribution in [0, 0.1) is 5.92 Å². The van der Waals surface area contributed by atoms with Gasteiger partial charge in [0.1, 0.15) is 5.82 Å². The summed E-state index contributed by atoms with van der Waals surface area (Å²) in [5.41, 5.74) is 5.44. The summed E-state index contributed by atoms with van der Waals surface area (Å²) >= 11 is 5.61. The van der Waals surface area contributed by atoms with Crippen molar-refractivity contribution in [2.45, 2.75) is 26.2 Å². The highest BCUT2D eigenvalue weighted by atomic mass is 35.5. The number of anilines is 1. The lowest BCUT2D eigenvalue weighted by Gasteiger charge is -2.09. The highest BCUT2D eigenvalue weighted by Gasteiger charge is 2.07. The summed E-state index contributed by atoms with van der Waals surface area (Å²) in [7, 11) is 0. The topological polar surface area (TPSA) is 80.9 Å². The maximum absolute atomic E-state index is 11.6. The van der Waals surface area contributed by atoms with Crippen molar-refractivity contribution in [3.63, 3.8) is 0 Å². The van der Waals surface area contributed by atoms with Gasteiger partial charge >= 0.3 is 0 Å².